The van der Waals surface area contributed by atoms with E-state index in [1.54, 1.807) is 6.92 Å². The lowest BCUT2D eigenvalue weighted by Crippen LogP contribution is -2.37. The third-order valence-corrected chi connectivity index (χ3v) is 2.64. The van der Waals surface area contributed by atoms with Gasteiger partial charge in [-0.25, -0.2) is 0 Å². The van der Waals surface area contributed by atoms with Crippen molar-refractivity contribution in [3.05, 3.63) is 0 Å². The molecule has 0 saturated carbocycles. The minimum absolute atomic E-state index is 0.186. The van der Waals surface area contributed by atoms with E-state index in [0.29, 0.717) is 6.42 Å². The molecule has 0 heterocycles. The Bertz CT molecular complexity index is 128. The van der Waals surface area contributed by atoms with Gasteiger partial charge in [-0.15, -0.1) is 0 Å². The summed E-state index contributed by atoms with van der Waals surface area (Å²) in [5.41, 5.74) is -0.746. The Kier molecular flexibility index (Phi) is 4.21. The van der Waals surface area contributed by atoms with Crippen LogP contribution < -0.4 is 0 Å². The molecule has 2 nitrogen and oxygen atoms in total. The van der Waals surface area contributed by atoms with Gasteiger partial charge in [-0.3, -0.25) is 0 Å². The van der Waals surface area contributed by atoms with Gasteiger partial charge in [0.15, 0.2) is 0 Å². The van der Waals surface area contributed by atoms with Gasteiger partial charge in [0.05, 0.1) is 11.7 Å². The third kappa shape index (κ3) is 3.55. The Labute approximate surface area is 75.6 Å². The van der Waals surface area contributed by atoms with Crippen LogP contribution in [0.25, 0.3) is 0 Å². The van der Waals surface area contributed by atoms with E-state index < -0.39 is 11.7 Å². The van der Waals surface area contributed by atoms with E-state index in [-0.39, 0.29) is 11.8 Å². The normalized spacial score (nSPS) is 19.8. The number of rotatable bonds is 4. The topological polar surface area (TPSA) is 40.5 Å². The van der Waals surface area contributed by atoms with Crippen LogP contribution in [0.15, 0.2) is 0 Å². The van der Waals surface area contributed by atoms with Crippen LogP contribution in [-0.2, 0) is 0 Å². The summed E-state index contributed by atoms with van der Waals surface area (Å²) in [6.45, 7) is 9.63. The lowest BCUT2D eigenvalue weighted by Gasteiger charge is -2.31. The van der Waals surface area contributed by atoms with E-state index in [1.807, 2.05) is 27.7 Å². The van der Waals surface area contributed by atoms with Crippen LogP contribution in [0.1, 0.15) is 41.0 Å². The van der Waals surface area contributed by atoms with Crippen LogP contribution >= 0.6 is 0 Å². The van der Waals surface area contributed by atoms with Crippen LogP contribution in [0.3, 0.4) is 0 Å². The minimum Gasteiger partial charge on any atom is -0.393 e. The van der Waals surface area contributed by atoms with Crippen molar-refractivity contribution in [3.63, 3.8) is 0 Å². The highest BCUT2D eigenvalue weighted by Crippen LogP contribution is 2.24. The molecule has 0 aromatic heterocycles. The Hall–Kier alpha value is -0.0800. The fraction of sp³-hybridized carbons (Fsp3) is 1.00. The van der Waals surface area contributed by atoms with Crippen molar-refractivity contribution in [2.45, 2.75) is 52.7 Å². The summed E-state index contributed by atoms with van der Waals surface area (Å²) in [5, 5.41) is 19.4. The first-order chi connectivity index (χ1) is 5.27. The molecule has 2 unspecified atom stereocenters. The van der Waals surface area contributed by atoms with Crippen LogP contribution in [0.5, 0.6) is 0 Å². The minimum atomic E-state index is -0.746. The van der Waals surface area contributed by atoms with Gasteiger partial charge >= 0.3 is 0 Å². The Morgan fingerprint density at radius 3 is 1.83 bits per heavy atom. The lowest BCUT2D eigenvalue weighted by molar-refractivity contribution is -0.0414. The quantitative estimate of drug-likeness (QED) is 0.682. The zero-order valence-corrected chi connectivity index (χ0v) is 8.83. The molecule has 0 aromatic rings. The van der Waals surface area contributed by atoms with E-state index in [9.17, 15) is 10.2 Å². The highest BCUT2D eigenvalue weighted by molar-refractivity contribution is 4.80. The van der Waals surface area contributed by atoms with Gasteiger partial charge < -0.3 is 10.2 Å². The van der Waals surface area contributed by atoms with E-state index in [0.717, 1.165) is 0 Å². The standard InChI is InChI=1S/C10H22O2/c1-7(2)9(11)6-10(5,12)8(3)4/h7-9,11-12H,6H2,1-5H3. The van der Waals surface area contributed by atoms with Crippen molar-refractivity contribution in [1.82, 2.24) is 0 Å². The summed E-state index contributed by atoms with van der Waals surface area (Å²) in [6, 6.07) is 0. The summed E-state index contributed by atoms with van der Waals surface area (Å²) < 4.78 is 0. The molecule has 0 amide bonds. The van der Waals surface area contributed by atoms with Gasteiger partial charge in [0.2, 0.25) is 0 Å². The highest BCUT2D eigenvalue weighted by Gasteiger charge is 2.28. The maximum absolute atomic E-state index is 9.85. The summed E-state index contributed by atoms with van der Waals surface area (Å²) in [4.78, 5) is 0. The van der Waals surface area contributed by atoms with Crippen LogP contribution in [0, 0.1) is 11.8 Å². The second kappa shape index (κ2) is 4.24. The fourth-order valence-corrected chi connectivity index (χ4v) is 0.895. The van der Waals surface area contributed by atoms with Gasteiger partial charge in [-0.1, -0.05) is 27.7 Å². The van der Waals surface area contributed by atoms with Crippen molar-refractivity contribution < 1.29 is 10.2 Å². The van der Waals surface area contributed by atoms with Crippen molar-refractivity contribution in [2.24, 2.45) is 11.8 Å². The van der Waals surface area contributed by atoms with Gasteiger partial charge in [-0.2, -0.15) is 0 Å². The largest absolute Gasteiger partial charge is 0.393 e. The first kappa shape index (κ1) is 11.9. The second-order valence-corrected chi connectivity index (χ2v) is 4.53. The van der Waals surface area contributed by atoms with Crippen LogP contribution in [0.4, 0.5) is 0 Å². The molecular formula is C10H22O2. The van der Waals surface area contributed by atoms with Crippen LogP contribution in [0.2, 0.25) is 0 Å². The molecule has 2 atom stereocenters. The second-order valence-electron chi connectivity index (χ2n) is 4.53. The highest BCUT2D eigenvalue weighted by atomic mass is 16.3. The molecule has 0 rings (SSSR count). The number of hydrogen-bond acceptors (Lipinski definition) is 2. The van der Waals surface area contributed by atoms with E-state index in [1.165, 1.54) is 0 Å². The summed E-state index contributed by atoms with van der Waals surface area (Å²) in [6.07, 6.45) is 0.0601. The molecule has 0 bridgehead atoms. The molecule has 0 fully saturated rings. The smallest absolute Gasteiger partial charge is 0.0667 e. The maximum Gasteiger partial charge on any atom is 0.0667 e. The molecule has 0 aromatic carbocycles. The zero-order valence-electron chi connectivity index (χ0n) is 8.83. The number of aliphatic hydroxyl groups excluding tert-OH is 1. The fourth-order valence-electron chi connectivity index (χ4n) is 0.895. The molecule has 0 aliphatic heterocycles. The molecule has 0 spiro atoms. The first-order valence-electron chi connectivity index (χ1n) is 4.68. The molecule has 12 heavy (non-hydrogen) atoms. The van der Waals surface area contributed by atoms with Crippen LogP contribution in [-0.4, -0.2) is 21.9 Å². The molecule has 0 aliphatic rings. The lowest BCUT2D eigenvalue weighted by atomic mass is 9.84. The van der Waals surface area contributed by atoms with E-state index in [2.05, 4.69) is 0 Å². The molecule has 74 valence electrons. The molecule has 2 N–H and O–H groups in total. The number of aliphatic hydroxyl groups is 2. The molecular weight excluding hydrogens is 152 g/mol. The SMILES string of the molecule is CC(C)C(O)CC(C)(O)C(C)C. The molecule has 0 aliphatic carbocycles. The van der Waals surface area contributed by atoms with Crippen molar-refractivity contribution in [3.8, 4) is 0 Å². The average Bonchev–Trinajstić information content (AvgIpc) is 1.85. The molecule has 0 saturated heterocycles. The van der Waals surface area contributed by atoms with Gasteiger partial charge in [-0.05, 0) is 18.8 Å². The average molecular weight is 174 g/mol. The maximum atomic E-state index is 9.85. The van der Waals surface area contributed by atoms with E-state index in [4.69, 9.17) is 0 Å². The Balaban J connectivity index is 4.05. The summed E-state index contributed by atoms with van der Waals surface area (Å²) in [5.74, 6) is 0.404. The summed E-state index contributed by atoms with van der Waals surface area (Å²) >= 11 is 0. The van der Waals surface area contributed by atoms with Gasteiger partial charge in [0.1, 0.15) is 0 Å². The third-order valence-electron chi connectivity index (χ3n) is 2.64. The Morgan fingerprint density at radius 2 is 1.58 bits per heavy atom. The van der Waals surface area contributed by atoms with Gasteiger partial charge in [0, 0.05) is 6.42 Å². The first-order valence-corrected chi connectivity index (χ1v) is 4.68. The van der Waals surface area contributed by atoms with Crippen molar-refractivity contribution >= 4 is 0 Å². The molecule has 0 radical (unpaired) electrons. The predicted molar refractivity (Wildman–Crippen MR) is 50.9 cm³/mol. The Morgan fingerprint density at radius 1 is 1.17 bits per heavy atom. The predicted octanol–water partition coefficient (Wildman–Crippen LogP) is 1.80. The summed E-state index contributed by atoms with van der Waals surface area (Å²) in [7, 11) is 0. The monoisotopic (exact) mass is 174 g/mol. The zero-order chi connectivity index (χ0) is 9.94. The molecule has 2 heteroatoms. The number of hydrogen-bond donors (Lipinski definition) is 2. The van der Waals surface area contributed by atoms with E-state index >= 15 is 0 Å². The van der Waals surface area contributed by atoms with Gasteiger partial charge in [0.25, 0.3) is 0 Å². The van der Waals surface area contributed by atoms with Crippen molar-refractivity contribution in [1.29, 1.82) is 0 Å². The van der Waals surface area contributed by atoms with Crippen molar-refractivity contribution in [2.75, 3.05) is 0 Å².